The summed E-state index contributed by atoms with van der Waals surface area (Å²) in [6, 6.07) is 19.1. The number of ether oxygens (including phenoxy) is 1. The van der Waals surface area contributed by atoms with Gasteiger partial charge >= 0.3 is 12.1 Å². The molecule has 5 rings (SSSR count). The average Bonchev–Trinajstić information content (AvgIpc) is 3.49. The lowest BCUT2D eigenvalue weighted by Crippen LogP contribution is -2.40. The summed E-state index contributed by atoms with van der Waals surface area (Å²) in [6.45, 7) is 0.160. The molecular weight excluding hydrogens is 451 g/mol. The third-order valence-electron chi connectivity index (χ3n) is 6.55. The van der Waals surface area contributed by atoms with Crippen molar-refractivity contribution >= 4 is 23.7 Å². The summed E-state index contributed by atoms with van der Waals surface area (Å²) in [7, 11) is 0. The van der Waals surface area contributed by atoms with Crippen molar-refractivity contribution in [2.45, 2.75) is 30.7 Å². The SMILES string of the molecule is O=C(CC1(NC(=O)OCC2c3ccccc3-c3ccccc32)CC1)Nc1cc(F)ccc1C(=O)O. The number of carbonyl (C=O) groups is 3. The second-order valence-corrected chi connectivity index (χ2v) is 8.95. The molecule has 0 aliphatic heterocycles. The monoisotopic (exact) mass is 474 g/mol. The maximum atomic E-state index is 13.6. The van der Waals surface area contributed by atoms with Gasteiger partial charge in [-0.25, -0.2) is 14.0 Å². The molecule has 0 heterocycles. The molecule has 8 heteroatoms. The number of rotatable bonds is 7. The zero-order valence-corrected chi connectivity index (χ0v) is 18.7. The van der Waals surface area contributed by atoms with Gasteiger partial charge in [0, 0.05) is 5.92 Å². The molecule has 0 unspecified atom stereocenters. The number of anilines is 1. The molecule has 178 valence electrons. The average molecular weight is 474 g/mol. The van der Waals surface area contributed by atoms with Crippen LogP contribution in [0.25, 0.3) is 11.1 Å². The van der Waals surface area contributed by atoms with E-state index in [1.54, 1.807) is 0 Å². The Kier molecular flexibility index (Phi) is 5.72. The van der Waals surface area contributed by atoms with Crippen LogP contribution in [0.2, 0.25) is 0 Å². The minimum absolute atomic E-state index is 0.0750. The Hall–Kier alpha value is -4.20. The van der Waals surface area contributed by atoms with Gasteiger partial charge in [0.25, 0.3) is 0 Å². The van der Waals surface area contributed by atoms with Gasteiger partial charge < -0.3 is 20.5 Å². The topological polar surface area (TPSA) is 105 Å². The van der Waals surface area contributed by atoms with E-state index in [0.717, 1.165) is 40.5 Å². The van der Waals surface area contributed by atoms with Crippen molar-refractivity contribution in [3.8, 4) is 11.1 Å². The molecule has 0 aromatic heterocycles. The molecule has 3 N–H and O–H groups in total. The van der Waals surface area contributed by atoms with Crippen LogP contribution < -0.4 is 10.6 Å². The molecule has 0 bridgehead atoms. The normalized spacial score (nSPS) is 15.0. The number of halogens is 1. The molecule has 2 aliphatic carbocycles. The van der Waals surface area contributed by atoms with Crippen molar-refractivity contribution in [2.75, 3.05) is 11.9 Å². The molecule has 0 spiro atoms. The van der Waals surface area contributed by atoms with E-state index >= 15 is 0 Å². The third kappa shape index (κ3) is 4.59. The van der Waals surface area contributed by atoms with Gasteiger partial charge in [0.1, 0.15) is 12.4 Å². The second kappa shape index (κ2) is 8.87. The Labute approximate surface area is 200 Å². The number of carbonyl (C=O) groups excluding carboxylic acids is 2. The van der Waals surface area contributed by atoms with E-state index in [1.807, 2.05) is 36.4 Å². The highest BCUT2D eigenvalue weighted by atomic mass is 19.1. The van der Waals surface area contributed by atoms with E-state index in [9.17, 15) is 23.9 Å². The Morgan fingerprint density at radius 3 is 2.20 bits per heavy atom. The van der Waals surface area contributed by atoms with Crippen molar-refractivity contribution in [2.24, 2.45) is 0 Å². The van der Waals surface area contributed by atoms with Gasteiger partial charge in [0.05, 0.1) is 23.2 Å². The lowest BCUT2D eigenvalue weighted by Gasteiger charge is -2.19. The van der Waals surface area contributed by atoms with Crippen LogP contribution in [0.15, 0.2) is 66.7 Å². The molecule has 1 fully saturated rings. The van der Waals surface area contributed by atoms with E-state index in [-0.39, 0.29) is 30.2 Å². The first-order chi connectivity index (χ1) is 16.8. The second-order valence-electron chi connectivity index (χ2n) is 8.95. The van der Waals surface area contributed by atoms with Crippen LogP contribution in [0.5, 0.6) is 0 Å². The third-order valence-corrected chi connectivity index (χ3v) is 6.55. The molecule has 3 aromatic carbocycles. The zero-order chi connectivity index (χ0) is 24.6. The largest absolute Gasteiger partial charge is 0.478 e. The van der Waals surface area contributed by atoms with Crippen molar-refractivity contribution in [3.63, 3.8) is 0 Å². The smallest absolute Gasteiger partial charge is 0.407 e. The molecule has 1 saturated carbocycles. The van der Waals surface area contributed by atoms with Crippen LogP contribution in [0.3, 0.4) is 0 Å². The lowest BCUT2D eigenvalue weighted by molar-refractivity contribution is -0.116. The molecule has 7 nitrogen and oxygen atoms in total. The minimum atomic E-state index is -1.28. The van der Waals surface area contributed by atoms with Gasteiger partial charge in [-0.15, -0.1) is 0 Å². The number of fused-ring (bicyclic) bond motifs is 3. The van der Waals surface area contributed by atoms with Crippen LogP contribution in [0, 0.1) is 5.82 Å². The molecule has 3 aromatic rings. The van der Waals surface area contributed by atoms with Gasteiger partial charge in [0.2, 0.25) is 5.91 Å². The van der Waals surface area contributed by atoms with Crippen molar-refractivity contribution in [3.05, 3.63) is 89.2 Å². The molecule has 2 aliphatic rings. The van der Waals surface area contributed by atoms with E-state index in [2.05, 4.69) is 22.8 Å². The Bertz CT molecular complexity index is 1290. The first-order valence-electron chi connectivity index (χ1n) is 11.3. The number of alkyl carbamates (subject to hydrolysis) is 1. The van der Waals surface area contributed by atoms with Gasteiger partial charge in [-0.05, 0) is 53.3 Å². The Morgan fingerprint density at radius 2 is 1.60 bits per heavy atom. The maximum Gasteiger partial charge on any atom is 0.407 e. The lowest BCUT2D eigenvalue weighted by atomic mass is 9.98. The Morgan fingerprint density at radius 1 is 0.971 bits per heavy atom. The van der Waals surface area contributed by atoms with Crippen LogP contribution in [0.4, 0.5) is 14.9 Å². The molecule has 0 saturated heterocycles. The number of amides is 2. The summed E-state index contributed by atoms with van der Waals surface area (Å²) < 4.78 is 19.1. The van der Waals surface area contributed by atoms with Gasteiger partial charge in [-0.2, -0.15) is 0 Å². The van der Waals surface area contributed by atoms with Crippen LogP contribution >= 0.6 is 0 Å². The van der Waals surface area contributed by atoms with Crippen molar-refractivity contribution < 1.29 is 28.6 Å². The van der Waals surface area contributed by atoms with Crippen molar-refractivity contribution in [1.29, 1.82) is 0 Å². The number of hydrogen-bond acceptors (Lipinski definition) is 4. The fourth-order valence-corrected chi connectivity index (χ4v) is 4.66. The van der Waals surface area contributed by atoms with E-state index in [0.29, 0.717) is 12.8 Å². The molecule has 2 amide bonds. The summed E-state index contributed by atoms with van der Waals surface area (Å²) in [5.41, 5.74) is 3.37. The highest BCUT2D eigenvalue weighted by Gasteiger charge is 2.46. The fourth-order valence-electron chi connectivity index (χ4n) is 4.66. The van der Waals surface area contributed by atoms with Crippen LogP contribution in [-0.4, -0.2) is 35.2 Å². The molecule has 0 atom stereocenters. The summed E-state index contributed by atoms with van der Waals surface area (Å²) in [5.74, 6) is -2.54. The highest BCUT2D eigenvalue weighted by Crippen LogP contribution is 2.44. The van der Waals surface area contributed by atoms with E-state index < -0.39 is 29.3 Å². The number of carboxylic acids is 1. The van der Waals surface area contributed by atoms with Crippen LogP contribution in [-0.2, 0) is 9.53 Å². The molecule has 35 heavy (non-hydrogen) atoms. The molecule has 0 radical (unpaired) electrons. The predicted octanol–water partition coefficient (Wildman–Crippen LogP) is 4.92. The summed E-state index contributed by atoms with van der Waals surface area (Å²) in [5, 5.41) is 14.5. The molecular formula is C27H23FN2O5. The van der Waals surface area contributed by atoms with E-state index in [1.165, 1.54) is 0 Å². The number of aromatic carboxylic acids is 1. The predicted molar refractivity (Wildman–Crippen MR) is 127 cm³/mol. The van der Waals surface area contributed by atoms with E-state index in [4.69, 9.17) is 4.74 Å². The number of carboxylic acid groups (broad SMARTS) is 1. The number of benzene rings is 3. The summed E-state index contributed by atoms with van der Waals surface area (Å²) in [6.07, 6.45) is 0.473. The number of nitrogens with one attached hydrogen (secondary N) is 2. The first kappa shape index (κ1) is 22.6. The van der Waals surface area contributed by atoms with Crippen LogP contribution in [0.1, 0.15) is 46.7 Å². The minimum Gasteiger partial charge on any atom is -0.478 e. The quantitative estimate of drug-likeness (QED) is 0.451. The summed E-state index contributed by atoms with van der Waals surface area (Å²) in [4.78, 5) is 36.5. The standard InChI is InChI=1S/C27H23FN2O5/c28-16-9-10-21(25(32)33)23(13-16)29-24(31)14-27(11-12-27)30-26(34)35-15-22-19-7-3-1-5-17(19)18-6-2-4-8-20(18)22/h1-10,13,22H,11-12,14-15H2,(H,29,31)(H,30,34)(H,32,33). The maximum absolute atomic E-state index is 13.6. The van der Waals surface area contributed by atoms with Crippen molar-refractivity contribution in [1.82, 2.24) is 5.32 Å². The fraction of sp³-hybridized carbons (Fsp3) is 0.222. The Balaban J connectivity index is 1.20. The summed E-state index contributed by atoms with van der Waals surface area (Å²) >= 11 is 0. The first-order valence-corrected chi connectivity index (χ1v) is 11.3. The zero-order valence-electron chi connectivity index (χ0n) is 18.7. The van der Waals surface area contributed by atoms with Gasteiger partial charge in [0.15, 0.2) is 0 Å². The van der Waals surface area contributed by atoms with Gasteiger partial charge in [-0.1, -0.05) is 48.5 Å². The highest BCUT2D eigenvalue weighted by molar-refractivity contribution is 6.01. The van der Waals surface area contributed by atoms with Gasteiger partial charge in [-0.3, -0.25) is 4.79 Å². The number of hydrogen-bond donors (Lipinski definition) is 3.